The molecule has 0 radical (unpaired) electrons. The van der Waals surface area contributed by atoms with Gasteiger partial charge in [0.1, 0.15) is 22.1 Å². The van der Waals surface area contributed by atoms with Crippen LogP contribution < -0.4 is 9.47 Å². The number of hydrogen-bond acceptors (Lipinski definition) is 5. The summed E-state index contributed by atoms with van der Waals surface area (Å²) in [7, 11) is 5.08. The molecule has 0 aliphatic carbocycles. The van der Waals surface area contributed by atoms with Gasteiger partial charge < -0.3 is 19.1 Å². The summed E-state index contributed by atoms with van der Waals surface area (Å²) in [5.41, 5.74) is 0.500. The molecule has 1 fully saturated rings. The molecule has 0 N–H and O–H groups in total. The third-order valence-electron chi connectivity index (χ3n) is 3.31. The lowest BCUT2D eigenvalue weighted by Crippen LogP contribution is -2.44. The topological polar surface area (TPSA) is 48.0 Å². The van der Waals surface area contributed by atoms with Crippen molar-refractivity contribution in [1.29, 1.82) is 0 Å². The quantitative estimate of drug-likeness (QED) is 0.782. The first-order valence-electron chi connectivity index (χ1n) is 6.33. The molecular weight excluding hydrogens is 326 g/mol. The molecule has 1 aromatic rings. The number of rotatable bonds is 4. The van der Waals surface area contributed by atoms with Crippen molar-refractivity contribution in [3.05, 3.63) is 22.2 Å². The highest BCUT2D eigenvalue weighted by Gasteiger charge is 2.29. The zero-order chi connectivity index (χ0) is 14.7. The second-order valence-corrected chi connectivity index (χ2v) is 5.44. The minimum Gasteiger partial charge on any atom is -0.495 e. The Morgan fingerprint density at radius 1 is 1.40 bits per heavy atom. The van der Waals surface area contributed by atoms with E-state index in [1.165, 1.54) is 7.11 Å². The van der Waals surface area contributed by atoms with Crippen LogP contribution in [0.2, 0.25) is 0 Å². The molecule has 1 aromatic carbocycles. The number of likely N-dealkylation sites (N-methyl/N-ethyl adjacent to an activating group) is 1. The van der Waals surface area contributed by atoms with Crippen LogP contribution in [-0.4, -0.2) is 57.8 Å². The van der Waals surface area contributed by atoms with Gasteiger partial charge in [-0.1, -0.05) is 0 Å². The SMILES string of the molecule is COc1ccc(C(=O)C2CN(C)CCO2)c(OC)c1Br. The fraction of sp³-hybridized carbons (Fsp3) is 0.500. The number of morpholine rings is 1. The van der Waals surface area contributed by atoms with Crippen molar-refractivity contribution in [3.63, 3.8) is 0 Å². The number of ketones is 1. The molecule has 1 saturated heterocycles. The highest BCUT2D eigenvalue weighted by molar-refractivity contribution is 9.10. The smallest absolute Gasteiger partial charge is 0.196 e. The van der Waals surface area contributed by atoms with Crippen LogP contribution in [0.15, 0.2) is 16.6 Å². The molecule has 110 valence electrons. The number of carbonyl (C=O) groups is 1. The van der Waals surface area contributed by atoms with Gasteiger partial charge in [-0.2, -0.15) is 0 Å². The molecule has 1 unspecified atom stereocenters. The van der Waals surface area contributed by atoms with E-state index in [1.807, 2.05) is 7.05 Å². The van der Waals surface area contributed by atoms with Crippen molar-refractivity contribution in [2.24, 2.45) is 0 Å². The van der Waals surface area contributed by atoms with E-state index in [0.717, 1.165) is 6.54 Å². The van der Waals surface area contributed by atoms with E-state index in [9.17, 15) is 4.79 Å². The van der Waals surface area contributed by atoms with Gasteiger partial charge >= 0.3 is 0 Å². The molecule has 0 spiro atoms. The van der Waals surface area contributed by atoms with Gasteiger partial charge in [0.15, 0.2) is 5.78 Å². The predicted molar refractivity (Wildman–Crippen MR) is 78.8 cm³/mol. The van der Waals surface area contributed by atoms with Crippen molar-refractivity contribution >= 4 is 21.7 Å². The van der Waals surface area contributed by atoms with Crippen LogP contribution in [-0.2, 0) is 4.74 Å². The van der Waals surface area contributed by atoms with Gasteiger partial charge in [-0.3, -0.25) is 4.79 Å². The average Bonchev–Trinajstić information content (AvgIpc) is 2.46. The third kappa shape index (κ3) is 2.97. The summed E-state index contributed by atoms with van der Waals surface area (Å²) in [6.07, 6.45) is -0.456. The highest BCUT2D eigenvalue weighted by Crippen LogP contribution is 2.37. The summed E-state index contributed by atoms with van der Waals surface area (Å²) in [6.45, 7) is 1.99. The first kappa shape index (κ1) is 15.3. The Bertz CT molecular complexity index is 506. The standard InChI is InChI=1S/C14H18BrNO4/c1-16-6-7-20-11(8-16)13(17)9-4-5-10(18-2)12(15)14(9)19-3/h4-5,11H,6-8H2,1-3H3. The summed E-state index contributed by atoms with van der Waals surface area (Å²) in [4.78, 5) is 14.7. The number of hydrogen-bond donors (Lipinski definition) is 0. The Hall–Kier alpha value is -1.11. The number of carbonyl (C=O) groups excluding carboxylic acids is 1. The molecule has 1 aliphatic rings. The van der Waals surface area contributed by atoms with Crippen molar-refractivity contribution in [3.8, 4) is 11.5 Å². The van der Waals surface area contributed by atoms with Crippen LogP contribution in [0.3, 0.4) is 0 Å². The molecule has 0 aromatic heterocycles. The van der Waals surface area contributed by atoms with Crippen LogP contribution in [0.1, 0.15) is 10.4 Å². The largest absolute Gasteiger partial charge is 0.495 e. The maximum Gasteiger partial charge on any atom is 0.196 e. The van der Waals surface area contributed by atoms with Crippen LogP contribution in [0.5, 0.6) is 11.5 Å². The number of methoxy groups -OCH3 is 2. The fourth-order valence-corrected chi connectivity index (χ4v) is 2.87. The lowest BCUT2D eigenvalue weighted by Gasteiger charge is -2.29. The van der Waals surface area contributed by atoms with Gasteiger partial charge in [0.2, 0.25) is 0 Å². The maximum absolute atomic E-state index is 12.6. The number of Topliss-reactive ketones (excluding diaryl/α,β-unsaturated/α-hetero) is 1. The van der Waals surface area contributed by atoms with E-state index < -0.39 is 6.10 Å². The van der Waals surface area contributed by atoms with Crippen molar-refractivity contribution < 1.29 is 19.0 Å². The highest BCUT2D eigenvalue weighted by atomic mass is 79.9. The van der Waals surface area contributed by atoms with Gasteiger partial charge in [0.05, 0.1) is 26.4 Å². The molecule has 1 aliphatic heterocycles. The third-order valence-corrected chi connectivity index (χ3v) is 4.06. The first-order chi connectivity index (χ1) is 9.58. The molecule has 1 atom stereocenters. The van der Waals surface area contributed by atoms with Gasteiger partial charge in [0, 0.05) is 13.1 Å². The van der Waals surface area contributed by atoms with Crippen molar-refractivity contribution in [1.82, 2.24) is 4.90 Å². The first-order valence-corrected chi connectivity index (χ1v) is 7.12. The fourth-order valence-electron chi connectivity index (χ4n) is 2.20. The molecule has 1 heterocycles. The molecule has 0 saturated carbocycles. The Kier molecular flexibility index (Phi) is 5.01. The van der Waals surface area contributed by atoms with E-state index in [4.69, 9.17) is 14.2 Å². The molecule has 6 heteroatoms. The monoisotopic (exact) mass is 343 g/mol. The van der Waals surface area contributed by atoms with Gasteiger partial charge in [-0.05, 0) is 35.1 Å². The minimum absolute atomic E-state index is 0.0725. The summed E-state index contributed by atoms with van der Waals surface area (Å²) in [6, 6.07) is 3.45. The second-order valence-electron chi connectivity index (χ2n) is 4.65. The van der Waals surface area contributed by atoms with E-state index in [1.54, 1.807) is 19.2 Å². The zero-order valence-corrected chi connectivity index (χ0v) is 13.4. The summed E-state index contributed by atoms with van der Waals surface area (Å²) in [5.74, 6) is 1.03. The molecule has 5 nitrogen and oxygen atoms in total. The van der Waals surface area contributed by atoms with Crippen LogP contribution in [0.25, 0.3) is 0 Å². The Morgan fingerprint density at radius 3 is 2.75 bits per heavy atom. The lowest BCUT2D eigenvalue weighted by atomic mass is 10.0. The molecule has 2 rings (SSSR count). The zero-order valence-electron chi connectivity index (χ0n) is 11.8. The van der Waals surface area contributed by atoms with E-state index in [-0.39, 0.29) is 5.78 Å². The maximum atomic E-state index is 12.6. The van der Waals surface area contributed by atoms with E-state index in [0.29, 0.717) is 34.7 Å². The van der Waals surface area contributed by atoms with Crippen molar-refractivity contribution in [2.75, 3.05) is 41.0 Å². The van der Waals surface area contributed by atoms with E-state index in [2.05, 4.69) is 20.8 Å². The summed E-state index contributed by atoms with van der Waals surface area (Å²) < 4.78 is 16.8. The van der Waals surface area contributed by atoms with Crippen LogP contribution in [0, 0.1) is 0 Å². The minimum atomic E-state index is -0.456. The van der Waals surface area contributed by atoms with Crippen LogP contribution in [0.4, 0.5) is 0 Å². The lowest BCUT2D eigenvalue weighted by molar-refractivity contribution is -0.00876. The molecule has 0 bridgehead atoms. The van der Waals surface area contributed by atoms with E-state index >= 15 is 0 Å². The number of halogens is 1. The predicted octanol–water partition coefficient (Wildman–Crippen LogP) is 1.98. The molecular formula is C14H18BrNO4. The Labute approximate surface area is 126 Å². The Morgan fingerprint density at radius 2 is 2.15 bits per heavy atom. The summed E-state index contributed by atoms with van der Waals surface area (Å²) >= 11 is 3.40. The van der Waals surface area contributed by atoms with Gasteiger partial charge in [0.25, 0.3) is 0 Å². The summed E-state index contributed by atoms with van der Waals surface area (Å²) in [5, 5.41) is 0. The Balaban J connectivity index is 2.32. The molecule has 0 amide bonds. The molecule has 20 heavy (non-hydrogen) atoms. The number of benzene rings is 1. The van der Waals surface area contributed by atoms with Crippen molar-refractivity contribution in [2.45, 2.75) is 6.10 Å². The average molecular weight is 344 g/mol. The number of ether oxygens (including phenoxy) is 3. The number of nitrogens with zero attached hydrogens (tertiary/aromatic N) is 1. The van der Waals surface area contributed by atoms with Gasteiger partial charge in [-0.25, -0.2) is 0 Å². The van der Waals surface area contributed by atoms with Gasteiger partial charge in [-0.15, -0.1) is 0 Å². The normalized spacial score (nSPS) is 19.7. The second kappa shape index (κ2) is 6.56. The van der Waals surface area contributed by atoms with Crippen LogP contribution >= 0.6 is 15.9 Å².